The number of nitrogens with zero attached hydrogens (tertiary/aromatic N) is 1. The van der Waals surface area contributed by atoms with Crippen molar-refractivity contribution in [3.05, 3.63) is 83.9 Å². The Morgan fingerprint density at radius 3 is 2.42 bits per heavy atom. The molecule has 0 spiro atoms. The Morgan fingerprint density at radius 1 is 0.923 bits per heavy atom. The predicted molar refractivity (Wildman–Crippen MR) is 105 cm³/mol. The first-order valence-corrected chi connectivity index (χ1v) is 8.37. The van der Waals surface area contributed by atoms with Crippen molar-refractivity contribution in [2.24, 2.45) is 4.99 Å². The largest absolute Gasteiger partial charge is 0.494 e. The van der Waals surface area contributed by atoms with E-state index >= 15 is 0 Å². The van der Waals surface area contributed by atoms with Gasteiger partial charge in [0.1, 0.15) is 11.5 Å². The van der Waals surface area contributed by atoms with Gasteiger partial charge in [0.25, 0.3) is 0 Å². The minimum absolute atomic E-state index is 0.124. The normalized spacial score (nSPS) is 11.3. The molecule has 0 radical (unpaired) electrons. The first-order chi connectivity index (χ1) is 12.7. The molecule has 2 N–H and O–H groups in total. The van der Waals surface area contributed by atoms with Crippen molar-refractivity contribution in [3.63, 3.8) is 0 Å². The molecular formula is C22H18N2O2. The van der Waals surface area contributed by atoms with E-state index in [0.29, 0.717) is 5.56 Å². The van der Waals surface area contributed by atoms with Crippen molar-refractivity contribution in [1.82, 2.24) is 4.98 Å². The van der Waals surface area contributed by atoms with Crippen molar-refractivity contribution >= 4 is 22.8 Å². The second-order valence-corrected chi connectivity index (χ2v) is 6.10. The summed E-state index contributed by atoms with van der Waals surface area (Å²) < 4.78 is 5.78. The van der Waals surface area contributed by atoms with E-state index in [-0.39, 0.29) is 5.88 Å². The highest BCUT2D eigenvalue weighted by molar-refractivity contribution is 6.02. The van der Waals surface area contributed by atoms with E-state index in [1.54, 1.807) is 6.21 Å². The maximum atomic E-state index is 10.1. The fraction of sp³-hybridized carbons (Fsp3) is 0.0455. The zero-order valence-corrected chi connectivity index (χ0v) is 14.3. The number of nitrogens with one attached hydrogen (secondary N) is 1. The van der Waals surface area contributed by atoms with Crippen molar-refractivity contribution in [2.45, 2.75) is 6.92 Å². The highest BCUT2D eigenvalue weighted by atomic mass is 16.5. The highest BCUT2D eigenvalue weighted by Gasteiger charge is 2.08. The van der Waals surface area contributed by atoms with E-state index in [9.17, 15) is 5.11 Å². The zero-order chi connectivity index (χ0) is 17.9. The fourth-order valence-corrected chi connectivity index (χ4v) is 2.81. The SMILES string of the molecule is Cc1ccc2[nH]c(O)c(C=Nc3ccc(Oc4ccccc4)cc3)c2c1. The van der Waals surface area contributed by atoms with Crippen LogP contribution in [0.5, 0.6) is 17.4 Å². The third-order valence-electron chi connectivity index (χ3n) is 4.13. The van der Waals surface area contributed by atoms with Crippen LogP contribution in [0.25, 0.3) is 10.9 Å². The van der Waals surface area contributed by atoms with E-state index < -0.39 is 0 Å². The number of aryl methyl sites for hydroxylation is 1. The summed E-state index contributed by atoms with van der Waals surface area (Å²) in [4.78, 5) is 7.45. The lowest BCUT2D eigenvalue weighted by molar-refractivity contribution is 0.457. The van der Waals surface area contributed by atoms with Crippen molar-refractivity contribution in [2.75, 3.05) is 0 Å². The number of benzene rings is 3. The van der Waals surface area contributed by atoms with Gasteiger partial charge in [-0.1, -0.05) is 29.8 Å². The average molecular weight is 342 g/mol. The van der Waals surface area contributed by atoms with Gasteiger partial charge in [-0.05, 0) is 55.5 Å². The molecule has 0 bridgehead atoms. The van der Waals surface area contributed by atoms with E-state index in [0.717, 1.165) is 33.7 Å². The standard InChI is InChI=1S/C22H18N2O2/c1-15-7-12-21-19(13-15)20(22(25)24-21)14-23-16-8-10-18(11-9-16)26-17-5-3-2-4-6-17/h2-14,24-25H,1H3. The van der Waals surface area contributed by atoms with E-state index in [1.165, 1.54) is 0 Å². The lowest BCUT2D eigenvalue weighted by atomic mass is 10.1. The third kappa shape index (κ3) is 3.30. The van der Waals surface area contributed by atoms with Gasteiger partial charge in [0.15, 0.2) is 5.88 Å². The predicted octanol–water partition coefficient (Wildman–Crippen LogP) is 5.72. The Bertz CT molecular complexity index is 1060. The Hall–Kier alpha value is -3.53. The molecule has 4 aromatic rings. The summed E-state index contributed by atoms with van der Waals surface area (Å²) in [7, 11) is 0. The van der Waals surface area contributed by atoms with Gasteiger partial charge in [-0.3, -0.25) is 4.99 Å². The second kappa shape index (κ2) is 6.76. The quantitative estimate of drug-likeness (QED) is 0.466. The molecule has 0 aliphatic heterocycles. The summed E-state index contributed by atoms with van der Waals surface area (Å²) in [5.74, 6) is 1.67. The lowest BCUT2D eigenvalue weighted by Gasteiger charge is -2.05. The lowest BCUT2D eigenvalue weighted by Crippen LogP contribution is -1.83. The summed E-state index contributed by atoms with van der Waals surface area (Å²) in [6.07, 6.45) is 1.68. The van der Waals surface area contributed by atoms with Crippen LogP contribution < -0.4 is 4.74 Å². The van der Waals surface area contributed by atoms with Gasteiger partial charge in [0, 0.05) is 17.1 Å². The minimum atomic E-state index is 0.124. The van der Waals surface area contributed by atoms with Gasteiger partial charge < -0.3 is 14.8 Å². The molecule has 1 heterocycles. The molecule has 0 aliphatic rings. The van der Waals surface area contributed by atoms with Crippen LogP contribution in [0, 0.1) is 6.92 Å². The van der Waals surface area contributed by atoms with Gasteiger partial charge in [0.05, 0.1) is 11.3 Å². The van der Waals surface area contributed by atoms with Crippen LogP contribution in [0.3, 0.4) is 0 Å². The number of rotatable bonds is 4. The first kappa shape index (κ1) is 16.0. The van der Waals surface area contributed by atoms with Crippen LogP contribution in [-0.2, 0) is 0 Å². The summed E-state index contributed by atoms with van der Waals surface area (Å²) in [5.41, 5.74) is 3.50. The molecule has 0 amide bonds. The van der Waals surface area contributed by atoms with Gasteiger partial charge in [-0.2, -0.15) is 0 Å². The van der Waals surface area contributed by atoms with Crippen molar-refractivity contribution < 1.29 is 9.84 Å². The number of hydrogen-bond acceptors (Lipinski definition) is 3. The van der Waals surface area contributed by atoms with Crippen LogP contribution in [-0.4, -0.2) is 16.3 Å². The molecule has 128 valence electrons. The van der Waals surface area contributed by atoms with Crippen LogP contribution in [0.15, 0.2) is 77.8 Å². The third-order valence-corrected chi connectivity index (χ3v) is 4.13. The molecule has 0 unspecified atom stereocenters. The Morgan fingerprint density at radius 2 is 1.65 bits per heavy atom. The summed E-state index contributed by atoms with van der Waals surface area (Å²) >= 11 is 0. The molecule has 3 aromatic carbocycles. The van der Waals surface area contributed by atoms with Gasteiger partial charge >= 0.3 is 0 Å². The monoisotopic (exact) mass is 342 g/mol. The van der Waals surface area contributed by atoms with Crippen molar-refractivity contribution in [3.8, 4) is 17.4 Å². The minimum Gasteiger partial charge on any atom is -0.494 e. The Labute approximate surface area is 151 Å². The Balaban J connectivity index is 1.56. The van der Waals surface area contributed by atoms with Gasteiger partial charge in [-0.25, -0.2) is 0 Å². The van der Waals surface area contributed by atoms with Gasteiger partial charge in [-0.15, -0.1) is 0 Å². The number of aromatic nitrogens is 1. The number of H-pyrrole nitrogens is 1. The summed E-state index contributed by atoms with van der Waals surface area (Å²) in [6, 6.07) is 23.1. The number of aromatic amines is 1. The van der Waals surface area contributed by atoms with Crippen molar-refractivity contribution in [1.29, 1.82) is 0 Å². The molecular weight excluding hydrogens is 324 g/mol. The van der Waals surface area contributed by atoms with Crippen LogP contribution in [0.1, 0.15) is 11.1 Å². The second-order valence-electron chi connectivity index (χ2n) is 6.10. The smallest absolute Gasteiger partial charge is 0.198 e. The van der Waals surface area contributed by atoms with Crippen LogP contribution in [0.4, 0.5) is 5.69 Å². The van der Waals surface area contributed by atoms with Gasteiger partial charge in [0.2, 0.25) is 0 Å². The summed E-state index contributed by atoms with van der Waals surface area (Å²) in [6.45, 7) is 2.02. The number of ether oxygens (including phenoxy) is 1. The average Bonchev–Trinajstić information content (AvgIpc) is 2.96. The zero-order valence-electron chi connectivity index (χ0n) is 14.3. The number of aliphatic imine (C=N–C) groups is 1. The van der Waals surface area contributed by atoms with Crippen LogP contribution in [0.2, 0.25) is 0 Å². The molecule has 0 atom stereocenters. The molecule has 26 heavy (non-hydrogen) atoms. The molecule has 0 saturated carbocycles. The molecule has 0 saturated heterocycles. The number of fused-ring (bicyclic) bond motifs is 1. The number of para-hydroxylation sites is 1. The van der Waals surface area contributed by atoms with E-state index in [2.05, 4.69) is 9.98 Å². The Kier molecular flexibility index (Phi) is 4.15. The summed E-state index contributed by atoms with van der Waals surface area (Å²) in [5, 5.41) is 11.1. The molecule has 4 rings (SSSR count). The number of aromatic hydroxyl groups is 1. The molecule has 0 aliphatic carbocycles. The highest BCUT2D eigenvalue weighted by Crippen LogP contribution is 2.28. The van der Waals surface area contributed by atoms with Crippen LogP contribution >= 0.6 is 0 Å². The van der Waals surface area contributed by atoms with E-state index in [1.807, 2.05) is 79.7 Å². The maximum absolute atomic E-state index is 10.1. The molecule has 0 fully saturated rings. The molecule has 4 nitrogen and oxygen atoms in total. The maximum Gasteiger partial charge on any atom is 0.198 e. The number of hydrogen-bond donors (Lipinski definition) is 2. The molecule has 4 heteroatoms. The molecule has 1 aromatic heterocycles. The topological polar surface area (TPSA) is 57.6 Å². The first-order valence-electron chi connectivity index (χ1n) is 8.37. The van der Waals surface area contributed by atoms with E-state index in [4.69, 9.17) is 4.74 Å². The fourth-order valence-electron chi connectivity index (χ4n) is 2.81.